The van der Waals surface area contributed by atoms with Crippen LogP contribution < -0.4 is 5.32 Å². The van der Waals surface area contributed by atoms with Gasteiger partial charge in [0.25, 0.3) is 0 Å². The van der Waals surface area contributed by atoms with E-state index in [0.717, 1.165) is 56.6 Å². The molecule has 0 aromatic carbocycles. The van der Waals surface area contributed by atoms with E-state index in [1.165, 1.54) is 18.4 Å². The zero-order chi connectivity index (χ0) is 14.7. The normalized spacial score (nSPS) is 25.0. The largest absolute Gasteiger partial charge is 0.393 e. The molecule has 0 spiro atoms. The SMILES string of the molecule is N#Cc1cc2c(nc1NCC1CCCC(O)C1)CCCC2. The predicted molar refractivity (Wildman–Crippen MR) is 82.0 cm³/mol. The Morgan fingerprint density at radius 3 is 2.95 bits per heavy atom. The topological polar surface area (TPSA) is 68.9 Å². The van der Waals surface area contributed by atoms with Crippen molar-refractivity contribution in [3.05, 3.63) is 22.9 Å². The van der Waals surface area contributed by atoms with Crippen LogP contribution in [-0.4, -0.2) is 22.7 Å². The van der Waals surface area contributed by atoms with Gasteiger partial charge in [0, 0.05) is 12.2 Å². The molecule has 112 valence electrons. The monoisotopic (exact) mass is 285 g/mol. The lowest BCUT2D eigenvalue weighted by Crippen LogP contribution is -2.25. The van der Waals surface area contributed by atoms with Crippen LogP contribution in [0.4, 0.5) is 5.82 Å². The van der Waals surface area contributed by atoms with E-state index in [2.05, 4.69) is 11.4 Å². The molecular formula is C17H23N3O. The van der Waals surface area contributed by atoms with Crippen LogP contribution in [0.5, 0.6) is 0 Å². The molecule has 0 amide bonds. The summed E-state index contributed by atoms with van der Waals surface area (Å²) in [4.78, 5) is 4.69. The summed E-state index contributed by atoms with van der Waals surface area (Å²) in [6.45, 7) is 0.803. The number of fused-ring (bicyclic) bond motifs is 1. The van der Waals surface area contributed by atoms with Gasteiger partial charge in [-0.1, -0.05) is 6.42 Å². The Labute approximate surface area is 126 Å². The van der Waals surface area contributed by atoms with Gasteiger partial charge in [0.15, 0.2) is 0 Å². The first-order chi connectivity index (χ1) is 10.3. The highest BCUT2D eigenvalue weighted by molar-refractivity contribution is 5.54. The highest BCUT2D eigenvalue weighted by Crippen LogP contribution is 2.27. The molecule has 0 aliphatic heterocycles. The average molecular weight is 285 g/mol. The second-order valence-corrected chi connectivity index (χ2v) is 6.38. The van der Waals surface area contributed by atoms with Crippen LogP contribution >= 0.6 is 0 Å². The van der Waals surface area contributed by atoms with Gasteiger partial charge in [-0.05, 0) is 62.5 Å². The van der Waals surface area contributed by atoms with Crippen LogP contribution in [0.25, 0.3) is 0 Å². The van der Waals surface area contributed by atoms with Crippen molar-refractivity contribution >= 4 is 5.82 Å². The maximum absolute atomic E-state index is 9.74. The zero-order valence-electron chi connectivity index (χ0n) is 12.4. The molecule has 0 bridgehead atoms. The first kappa shape index (κ1) is 14.3. The predicted octanol–water partition coefficient (Wildman–Crippen LogP) is 2.80. The van der Waals surface area contributed by atoms with E-state index in [0.29, 0.717) is 11.5 Å². The summed E-state index contributed by atoms with van der Waals surface area (Å²) in [7, 11) is 0. The molecule has 2 aliphatic carbocycles. The molecule has 2 atom stereocenters. The molecule has 1 aromatic rings. The fourth-order valence-electron chi connectivity index (χ4n) is 3.54. The average Bonchev–Trinajstić information content (AvgIpc) is 2.52. The van der Waals surface area contributed by atoms with Gasteiger partial charge in [-0.25, -0.2) is 4.98 Å². The number of aliphatic hydroxyl groups is 1. The summed E-state index contributed by atoms with van der Waals surface area (Å²) in [5.41, 5.74) is 3.06. The minimum absolute atomic E-state index is 0.155. The number of hydrogen-bond acceptors (Lipinski definition) is 4. The van der Waals surface area contributed by atoms with Gasteiger partial charge in [-0.3, -0.25) is 0 Å². The lowest BCUT2D eigenvalue weighted by atomic mass is 9.87. The second-order valence-electron chi connectivity index (χ2n) is 6.38. The number of aryl methyl sites for hydroxylation is 2. The molecule has 21 heavy (non-hydrogen) atoms. The van der Waals surface area contributed by atoms with Gasteiger partial charge in [-0.15, -0.1) is 0 Å². The van der Waals surface area contributed by atoms with E-state index < -0.39 is 0 Å². The van der Waals surface area contributed by atoms with Crippen molar-refractivity contribution in [2.45, 2.75) is 57.5 Å². The first-order valence-electron chi connectivity index (χ1n) is 8.11. The molecule has 0 saturated heterocycles. The van der Waals surface area contributed by atoms with Crippen LogP contribution in [0.1, 0.15) is 55.3 Å². The third-order valence-corrected chi connectivity index (χ3v) is 4.73. The molecule has 1 saturated carbocycles. The van der Waals surface area contributed by atoms with Crippen LogP contribution in [-0.2, 0) is 12.8 Å². The summed E-state index contributed by atoms with van der Waals surface area (Å²) in [5, 5.41) is 22.4. The van der Waals surface area contributed by atoms with Crippen molar-refractivity contribution in [1.82, 2.24) is 4.98 Å². The molecule has 1 fully saturated rings. The Morgan fingerprint density at radius 2 is 2.14 bits per heavy atom. The lowest BCUT2D eigenvalue weighted by molar-refractivity contribution is 0.104. The summed E-state index contributed by atoms with van der Waals surface area (Å²) >= 11 is 0. The highest BCUT2D eigenvalue weighted by atomic mass is 16.3. The molecule has 4 nitrogen and oxygen atoms in total. The van der Waals surface area contributed by atoms with Crippen molar-refractivity contribution < 1.29 is 5.11 Å². The van der Waals surface area contributed by atoms with Crippen LogP contribution in [0, 0.1) is 17.2 Å². The van der Waals surface area contributed by atoms with Gasteiger partial charge < -0.3 is 10.4 Å². The Bertz CT molecular complexity index is 550. The number of pyridine rings is 1. The Balaban J connectivity index is 1.71. The molecule has 4 heteroatoms. The quantitative estimate of drug-likeness (QED) is 0.896. The Morgan fingerprint density at radius 1 is 1.29 bits per heavy atom. The number of hydrogen-bond donors (Lipinski definition) is 2. The molecule has 3 rings (SSSR count). The number of nitriles is 1. The highest BCUT2D eigenvalue weighted by Gasteiger charge is 2.21. The maximum atomic E-state index is 9.74. The van der Waals surface area contributed by atoms with E-state index in [1.54, 1.807) is 0 Å². The van der Waals surface area contributed by atoms with Crippen molar-refractivity contribution in [3.63, 3.8) is 0 Å². The number of anilines is 1. The fraction of sp³-hybridized carbons (Fsp3) is 0.647. The number of aliphatic hydroxyl groups excluding tert-OH is 1. The van der Waals surface area contributed by atoms with E-state index in [-0.39, 0.29) is 6.10 Å². The fourth-order valence-corrected chi connectivity index (χ4v) is 3.54. The molecule has 1 heterocycles. The zero-order valence-corrected chi connectivity index (χ0v) is 12.4. The number of nitrogens with zero attached hydrogens (tertiary/aromatic N) is 2. The summed E-state index contributed by atoms with van der Waals surface area (Å²) in [6, 6.07) is 4.28. The van der Waals surface area contributed by atoms with E-state index >= 15 is 0 Å². The molecule has 1 aromatic heterocycles. The Hall–Kier alpha value is -1.60. The van der Waals surface area contributed by atoms with Crippen molar-refractivity contribution in [2.24, 2.45) is 5.92 Å². The van der Waals surface area contributed by atoms with E-state index in [4.69, 9.17) is 4.98 Å². The van der Waals surface area contributed by atoms with Crippen molar-refractivity contribution in [3.8, 4) is 6.07 Å². The summed E-state index contributed by atoms with van der Waals surface area (Å²) < 4.78 is 0. The van der Waals surface area contributed by atoms with Crippen LogP contribution in [0.15, 0.2) is 6.07 Å². The summed E-state index contributed by atoms with van der Waals surface area (Å²) in [6.07, 6.45) is 8.35. The molecule has 2 aliphatic rings. The van der Waals surface area contributed by atoms with Gasteiger partial charge in [0.1, 0.15) is 11.9 Å². The standard InChI is InChI=1S/C17H23N3O/c18-10-14-9-13-5-1-2-7-16(13)20-17(14)19-11-12-4-3-6-15(21)8-12/h9,12,15,21H,1-8,11H2,(H,19,20). The third kappa shape index (κ3) is 3.36. The minimum atomic E-state index is -0.155. The number of rotatable bonds is 3. The lowest BCUT2D eigenvalue weighted by Gasteiger charge is -2.26. The van der Waals surface area contributed by atoms with Gasteiger partial charge in [0.2, 0.25) is 0 Å². The van der Waals surface area contributed by atoms with Gasteiger partial charge in [-0.2, -0.15) is 5.26 Å². The van der Waals surface area contributed by atoms with E-state index in [9.17, 15) is 10.4 Å². The van der Waals surface area contributed by atoms with Crippen molar-refractivity contribution in [1.29, 1.82) is 5.26 Å². The maximum Gasteiger partial charge on any atom is 0.144 e. The first-order valence-corrected chi connectivity index (χ1v) is 8.11. The van der Waals surface area contributed by atoms with Gasteiger partial charge >= 0.3 is 0 Å². The number of aromatic nitrogens is 1. The van der Waals surface area contributed by atoms with Gasteiger partial charge in [0.05, 0.1) is 11.7 Å². The van der Waals surface area contributed by atoms with Crippen LogP contribution in [0.2, 0.25) is 0 Å². The second kappa shape index (κ2) is 6.44. The molecular weight excluding hydrogens is 262 g/mol. The van der Waals surface area contributed by atoms with Crippen molar-refractivity contribution in [2.75, 3.05) is 11.9 Å². The minimum Gasteiger partial charge on any atom is -0.393 e. The summed E-state index contributed by atoms with van der Waals surface area (Å²) in [5.74, 6) is 1.22. The molecule has 2 N–H and O–H groups in total. The third-order valence-electron chi connectivity index (χ3n) is 4.73. The smallest absolute Gasteiger partial charge is 0.144 e. The Kier molecular flexibility index (Phi) is 4.40. The van der Waals surface area contributed by atoms with E-state index in [1.807, 2.05) is 6.07 Å². The molecule has 2 unspecified atom stereocenters. The molecule has 0 radical (unpaired) electrons. The number of nitrogens with one attached hydrogen (secondary N) is 1. The van der Waals surface area contributed by atoms with Crippen LogP contribution in [0.3, 0.4) is 0 Å².